The van der Waals surface area contributed by atoms with Gasteiger partial charge in [-0.3, -0.25) is 4.98 Å². The Morgan fingerprint density at radius 1 is 1.30 bits per heavy atom. The standard InChI is InChI=1S/C22H28N6O2/c1-15-12-16(6-9-23-15)18-13-24-28-11-8-19(25-20(18)28)27-10-7-17(14-27)26(5)21(29)30-22(2,3)4/h6,8-9,11-13,17H,7,10,14H2,1-5H3. The molecular formula is C22H28N6O2. The van der Waals surface area contributed by atoms with E-state index >= 15 is 0 Å². The van der Waals surface area contributed by atoms with Crippen molar-refractivity contribution in [2.24, 2.45) is 0 Å². The topological polar surface area (TPSA) is 75.9 Å². The van der Waals surface area contributed by atoms with Crippen molar-refractivity contribution in [1.29, 1.82) is 0 Å². The second-order valence-corrected chi connectivity index (χ2v) is 8.78. The number of carbonyl (C=O) groups is 1. The smallest absolute Gasteiger partial charge is 0.410 e. The zero-order valence-corrected chi connectivity index (χ0v) is 18.2. The van der Waals surface area contributed by atoms with Crippen LogP contribution in [0.25, 0.3) is 16.8 Å². The second kappa shape index (κ2) is 7.59. The molecule has 4 heterocycles. The van der Waals surface area contributed by atoms with Crippen molar-refractivity contribution < 1.29 is 9.53 Å². The maximum Gasteiger partial charge on any atom is 0.410 e. The second-order valence-electron chi connectivity index (χ2n) is 8.78. The molecule has 158 valence electrons. The van der Waals surface area contributed by atoms with E-state index in [1.54, 1.807) is 22.7 Å². The summed E-state index contributed by atoms with van der Waals surface area (Å²) in [7, 11) is 1.81. The van der Waals surface area contributed by atoms with E-state index < -0.39 is 5.60 Å². The fourth-order valence-corrected chi connectivity index (χ4v) is 3.70. The highest BCUT2D eigenvalue weighted by Gasteiger charge is 2.31. The van der Waals surface area contributed by atoms with Crippen molar-refractivity contribution in [3.63, 3.8) is 0 Å². The summed E-state index contributed by atoms with van der Waals surface area (Å²) in [6.07, 6.45) is 6.15. The molecule has 0 bridgehead atoms. The van der Waals surface area contributed by atoms with Crippen LogP contribution in [-0.2, 0) is 4.74 Å². The van der Waals surface area contributed by atoms with E-state index in [4.69, 9.17) is 9.72 Å². The number of ether oxygens (including phenoxy) is 1. The van der Waals surface area contributed by atoms with Gasteiger partial charge < -0.3 is 14.5 Å². The Morgan fingerprint density at radius 2 is 2.10 bits per heavy atom. The van der Waals surface area contributed by atoms with Gasteiger partial charge in [-0.2, -0.15) is 5.10 Å². The number of amides is 1. The molecule has 0 spiro atoms. The van der Waals surface area contributed by atoms with Gasteiger partial charge in [0, 0.05) is 43.8 Å². The first-order chi connectivity index (χ1) is 14.2. The third-order valence-corrected chi connectivity index (χ3v) is 5.28. The van der Waals surface area contributed by atoms with Crippen LogP contribution in [0.15, 0.2) is 36.8 Å². The normalized spacial score (nSPS) is 16.8. The molecule has 30 heavy (non-hydrogen) atoms. The minimum absolute atomic E-state index is 0.0881. The Balaban J connectivity index is 1.54. The van der Waals surface area contributed by atoms with Crippen molar-refractivity contribution in [3.8, 4) is 11.1 Å². The Hall–Kier alpha value is -3.16. The molecule has 1 aliphatic rings. The van der Waals surface area contributed by atoms with Crippen LogP contribution < -0.4 is 4.90 Å². The summed E-state index contributed by atoms with van der Waals surface area (Å²) in [6.45, 7) is 9.17. The number of nitrogens with zero attached hydrogens (tertiary/aromatic N) is 6. The number of aromatic nitrogens is 4. The third kappa shape index (κ3) is 4.08. The van der Waals surface area contributed by atoms with Gasteiger partial charge in [0.05, 0.1) is 12.2 Å². The molecule has 0 aromatic carbocycles. The maximum atomic E-state index is 12.4. The third-order valence-electron chi connectivity index (χ3n) is 5.28. The highest BCUT2D eigenvalue weighted by molar-refractivity contribution is 5.77. The first-order valence-corrected chi connectivity index (χ1v) is 10.2. The first-order valence-electron chi connectivity index (χ1n) is 10.2. The van der Waals surface area contributed by atoms with Crippen LogP contribution in [0.5, 0.6) is 0 Å². The SMILES string of the molecule is Cc1cc(-c2cnn3ccc(N4CCC(N(C)C(=O)OC(C)(C)C)C4)nc23)ccn1. The summed E-state index contributed by atoms with van der Waals surface area (Å²) < 4.78 is 7.30. The number of pyridine rings is 1. The molecular weight excluding hydrogens is 380 g/mol. The number of fused-ring (bicyclic) bond motifs is 1. The van der Waals surface area contributed by atoms with Crippen molar-refractivity contribution >= 4 is 17.6 Å². The molecule has 4 rings (SSSR count). The highest BCUT2D eigenvalue weighted by Crippen LogP contribution is 2.27. The predicted molar refractivity (Wildman–Crippen MR) is 116 cm³/mol. The fraction of sp³-hybridized carbons (Fsp3) is 0.455. The first kappa shape index (κ1) is 20.1. The number of hydrogen-bond donors (Lipinski definition) is 0. The van der Waals surface area contributed by atoms with Gasteiger partial charge in [-0.1, -0.05) is 0 Å². The Bertz CT molecular complexity index is 1070. The summed E-state index contributed by atoms with van der Waals surface area (Å²) in [5, 5.41) is 4.44. The average Bonchev–Trinajstić information content (AvgIpc) is 3.33. The van der Waals surface area contributed by atoms with Crippen molar-refractivity contribution in [2.75, 3.05) is 25.0 Å². The van der Waals surface area contributed by atoms with Crippen LogP contribution in [0.2, 0.25) is 0 Å². The van der Waals surface area contributed by atoms with Gasteiger partial charge in [-0.15, -0.1) is 0 Å². The van der Waals surface area contributed by atoms with Gasteiger partial charge in [-0.05, 0) is 57.9 Å². The maximum absolute atomic E-state index is 12.4. The lowest BCUT2D eigenvalue weighted by Crippen LogP contribution is -2.42. The molecule has 0 saturated carbocycles. The molecule has 0 aliphatic carbocycles. The molecule has 3 aromatic heterocycles. The summed E-state index contributed by atoms with van der Waals surface area (Å²) >= 11 is 0. The molecule has 3 aromatic rings. The van der Waals surface area contributed by atoms with E-state index in [2.05, 4.69) is 15.0 Å². The summed E-state index contributed by atoms with van der Waals surface area (Å²) in [5.41, 5.74) is 3.28. The molecule has 1 aliphatic heterocycles. The molecule has 1 amide bonds. The number of likely N-dealkylation sites (N-methyl/N-ethyl adjacent to an activating group) is 1. The van der Waals surface area contributed by atoms with Crippen LogP contribution in [-0.4, -0.2) is 62.4 Å². The van der Waals surface area contributed by atoms with Gasteiger partial charge in [-0.25, -0.2) is 14.3 Å². The van der Waals surface area contributed by atoms with E-state index in [1.807, 2.05) is 58.3 Å². The number of rotatable bonds is 3. The lowest BCUT2D eigenvalue weighted by molar-refractivity contribution is 0.0238. The number of carbonyl (C=O) groups excluding carboxylic acids is 1. The number of anilines is 1. The molecule has 8 heteroatoms. The van der Waals surface area contributed by atoms with E-state index in [0.717, 1.165) is 47.8 Å². The van der Waals surface area contributed by atoms with E-state index in [9.17, 15) is 4.79 Å². The zero-order valence-electron chi connectivity index (χ0n) is 18.2. The number of hydrogen-bond acceptors (Lipinski definition) is 6. The monoisotopic (exact) mass is 408 g/mol. The van der Waals surface area contributed by atoms with E-state index in [-0.39, 0.29) is 12.1 Å². The van der Waals surface area contributed by atoms with Crippen LogP contribution in [0.1, 0.15) is 32.9 Å². The van der Waals surface area contributed by atoms with Gasteiger partial charge >= 0.3 is 6.09 Å². The van der Waals surface area contributed by atoms with Crippen LogP contribution >= 0.6 is 0 Å². The van der Waals surface area contributed by atoms with Gasteiger partial charge in [0.15, 0.2) is 5.65 Å². The molecule has 1 atom stereocenters. The van der Waals surface area contributed by atoms with Crippen LogP contribution in [0.3, 0.4) is 0 Å². The lowest BCUT2D eigenvalue weighted by Gasteiger charge is -2.28. The predicted octanol–water partition coefficient (Wildman–Crippen LogP) is 3.55. The van der Waals surface area contributed by atoms with Crippen LogP contribution in [0.4, 0.5) is 10.6 Å². The summed E-state index contributed by atoms with van der Waals surface area (Å²) in [4.78, 5) is 25.5. The molecule has 0 radical (unpaired) electrons. The summed E-state index contributed by atoms with van der Waals surface area (Å²) in [6, 6.07) is 6.06. The Kier molecular flexibility index (Phi) is 5.09. The molecule has 1 saturated heterocycles. The fourth-order valence-electron chi connectivity index (χ4n) is 3.70. The largest absolute Gasteiger partial charge is 0.444 e. The summed E-state index contributed by atoms with van der Waals surface area (Å²) in [5.74, 6) is 0.884. The zero-order chi connectivity index (χ0) is 21.5. The highest BCUT2D eigenvalue weighted by atomic mass is 16.6. The lowest BCUT2D eigenvalue weighted by atomic mass is 10.1. The molecule has 0 N–H and O–H groups in total. The van der Waals surface area contributed by atoms with Crippen molar-refractivity contribution in [1.82, 2.24) is 24.5 Å². The molecule has 1 fully saturated rings. The minimum Gasteiger partial charge on any atom is -0.444 e. The average molecular weight is 409 g/mol. The van der Waals surface area contributed by atoms with Gasteiger partial charge in [0.2, 0.25) is 0 Å². The van der Waals surface area contributed by atoms with E-state index in [1.165, 1.54) is 0 Å². The van der Waals surface area contributed by atoms with Gasteiger partial charge in [0.1, 0.15) is 11.4 Å². The van der Waals surface area contributed by atoms with Crippen molar-refractivity contribution in [3.05, 3.63) is 42.5 Å². The minimum atomic E-state index is -0.500. The van der Waals surface area contributed by atoms with Crippen LogP contribution in [0, 0.1) is 6.92 Å². The quantitative estimate of drug-likeness (QED) is 0.660. The molecule has 1 unspecified atom stereocenters. The Labute approximate surface area is 176 Å². The Morgan fingerprint density at radius 3 is 2.83 bits per heavy atom. The number of aryl methyl sites for hydroxylation is 1. The van der Waals surface area contributed by atoms with Gasteiger partial charge in [0.25, 0.3) is 0 Å². The van der Waals surface area contributed by atoms with E-state index in [0.29, 0.717) is 0 Å². The molecule has 8 nitrogen and oxygen atoms in total. The van der Waals surface area contributed by atoms with Crippen molar-refractivity contribution in [2.45, 2.75) is 45.8 Å².